The molecule has 0 N–H and O–H groups in total. The minimum absolute atomic E-state index is 0.106. The second-order valence-electron chi connectivity index (χ2n) is 7.28. The van der Waals surface area contributed by atoms with E-state index in [9.17, 15) is 9.59 Å². The zero-order chi connectivity index (χ0) is 20.2. The minimum atomic E-state index is -0.156. The van der Waals surface area contributed by atoms with Crippen LogP contribution < -0.4 is 11.1 Å². The molecular weight excluding hydrogens is 372 g/mol. The molecule has 0 atom stereocenters. The number of hydrogen-bond acceptors (Lipinski definition) is 6. The molecule has 0 unspecified atom stereocenters. The number of morpholine rings is 1. The van der Waals surface area contributed by atoms with E-state index in [4.69, 9.17) is 9.47 Å². The summed E-state index contributed by atoms with van der Waals surface area (Å²) in [6, 6.07) is 5.34. The highest BCUT2D eigenvalue weighted by molar-refractivity contribution is 5.91. The number of ether oxygens (including phenoxy) is 2. The Labute approximate surface area is 168 Å². The number of aromatic nitrogens is 3. The van der Waals surface area contributed by atoms with Gasteiger partial charge >= 0.3 is 0 Å². The monoisotopic (exact) mass is 398 g/mol. The van der Waals surface area contributed by atoms with Crippen molar-refractivity contribution < 1.29 is 9.47 Å². The molecule has 154 valence electrons. The third kappa shape index (κ3) is 4.24. The zero-order valence-corrected chi connectivity index (χ0v) is 16.7. The zero-order valence-electron chi connectivity index (χ0n) is 16.7. The predicted octanol–water partition coefficient (Wildman–Crippen LogP) is 1.08. The molecule has 4 heterocycles. The molecule has 3 aromatic rings. The van der Waals surface area contributed by atoms with Gasteiger partial charge in [-0.25, -0.2) is 4.98 Å². The Morgan fingerprint density at radius 3 is 2.21 bits per heavy atom. The number of fused-ring (bicyclic) bond motifs is 2. The maximum absolute atomic E-state index is 13.0. The molecule has 1 aliphatic heterocycles. The third-order valence-electron chi connectivity index (χ3n) is 5.40. The summed E-state index contributed by atoms with van der Waals surface area (Å²) in [5, 5.41) is 0.937. The number of nitrogens with zero attached hydrogens (tertiary/aromatic N) is 4. The number of pyridine rings is 3. The van der Waals surface area contributed by atoms with Gasteiger partial charge in [-0.15, -0.1) is 0 Å². The second kappa shape index (κ2) is 8.86. The minimum Gasteiger partial charge on any atom is -0.383 e. The number of methoxy groups -OCH3 is 1. The molecule has 0 amide bonds. The molecule has 0 aromatic carbocycles. The van der Waals surface area contributed by atoms with Crippen molar-refractivity contribution in [1.29, 1.82) is 0 Å². The largest absolute Gasteiger partial charge is 0.383 e. The van der Waals surface area contributed by atoms with E-state index in [-0.39, 0.29) is 11.1 Å². The maximum atomic E-state index is 13.0. The van der Waals surface area contributed by atoms with Crippen LogP contribution >= 0.6 is 0 Å². The summed E-state index contributed by atoms with van der Waals surface area (Å²) < 4.78 is 13.7. The highest BCUT2D eigenvalue weighted by Gasteiger charge is 2.12. The Morgan fingerprint density at radius 1 is 0.966 bits per heavy atom. The smallest absolute Gasteiger partial charge is 0.260 e. The van der Waals surface area contributed by atoms with Crippen LogP contribution in [-0.4, -0.2) is 65.6 Å². The van der Waals surface area contributed by atoms with Crippen molar-refractivity contribution in [2.75, 3.05) is 46.6 Å². The lowest BCUT2D eigenvalue weighted by Crippen LogP contribution is -2.37. The summed E-state index contributed by atoms with van der Waals surface area (Å²) >= 11 is 0. The van der Waals surface area contributed by atoms with Crippen LogP contribution in [0.2, 0.25) is 0 Å². The van der Waals surface area contributed by atoms with E-state index < -0.39 is 0 Å². The summed E-state index contributed by atoms with van der Waals surface area (Å²) in [4.78, 5) is 32.6. The normalized spacial score (nSPS) is 15.3. The van der Waals surface area contributed by atoms with Crippen LogP contribution in [0.1, 0.15) is 6.42 Å². The van der Waals surface area contributed by atoms with Crippen molar-refractivity contribution in [2.45, 2.75) is 19.5 Å². The number of rotatable bonds is 7. The van der Waals surface area contributed by atoms with Gasteiger partial charge in [0.2, 0.25) is 0 Å². The standard InChI is InChI=1S/C21H26N4O4/c1-28-12-11-25-8-4-19-17(21(25)27)15-16-18(22-19)3-7-24(20(16)26)6-2-5-23-9-13-29-14-10-23/h3-4,7-8,15H,2,5-6,9-14H2,1H3. The molecule has 0 bridgehead atoms. The lowest BCUT2D eigenvalue weighted by Gasteiger charge is -2.26. The van der Waals surface area contributed by atoms with Crippen molar-refractivity contribution >= 4 is 21.8 Å². The molecule has 1 aliphatic rings. The van der Waals surface area contributed by atoms with Crippen molar-refractivity contribution in [2.24, 2.45) is 0 Å². The van der Waals surface area contributed by atoms with Gasteiger partial charge in [0.05, 0.1) is 41.6 Å². The maximum Gasteiger partial charge on any atom is 0.260 e. The molecule has 4 rings (SSSR count). The van der Waals surface area contributed by atoms with E-state index in [1.54, 1.807) is 40.8 Å². The molecule has 3 aromatic heterocycles. The van der Waals surface area contributed by atoms with Crippen LogP contribution in [0, 0.1) is 0 Å². The Kier molecular flexibility index (Phi) is 6.03. The molecule has 8 nitrogen and oxygen atoms in total. The van der Waals surface area contributed by atoms with Crippen molar-refractivity contribution in [3.63, 3.8) is 0 Å². The van der Waals surface area contributed by atoms with Gasteiger partial charge in [0.15, 0.2) is 0 Å². The van der Waals surface area contributed by atoms with E-state index in [1.165, 1.54) is 0 Å². The molecule has 0 radical (unpaired) electrons. The van der Waals surface area contributed by atoms with E-state index in [0.29, 0.717) is 41.5 Å². The summed E-state index contributed by atoms with van der Waals surface area (Å²) in [6.07, 6.45) is 4.40. The van der Waals surface area contributed by atoms with Gasteiger partial charge in [0.25, 0.3) is 11.1 Å². The fraction of sp³-hybridized carbons (Fsp3) is 0.476. The molecule has 0 saturated carbocycles. The van der Waals surface area contributed by atoms with Crippen molar-refractivity contribution in [3.8, 4) is 0 Å². The average molecular weight is 398 g/mol. The van der Waals surface area contributed by atoms with Gasteiger partial charge in [0.1, 0.15) is 0 Å². The molecule has 1 saturated heterocycles. The molecule has 0 aliphatic carbocycles. The van der Waals surface area contributed by atoms with Crippen LogP contribution in [0.4, 0.5) is 0 Å². The average Bonchev–Trinajstić information content (AvgIpc) is 2.75. The highest BCUT2D eigenvalue weighted by atomic mass is 16.5. The summed E-state index contributed by atoms with van der Waals surface area (Å²) in [6.45, 7) is 5.92. The van der Waals surface area contributed by atoms with Gasteiger partial charge in [0, 0.05) is 52.2 Å². The van der Waals surface area contributed by atoms with E-state index in [1.807, 2.05) is 6.07 Å². The second-order valence-corrected chi connectivity index (χ2v) is 7.28. The highest BCUT2D eigenvalue weighted by Crippen LogP contribution is 2.14. The van der Waals surface area contributed by atoms with Crippen LogP contribution in [-0.2, 0) is 22.6 Å². The molecule has 8 heteroatoms. The van der Waals surface area contributed by atoms with E-state index in [2.05, 4.69) is 9.88 Å². The first kappa shape index (κ1) is 19.8. The van der Waals surface area contributed by atoms with Gasteiger partial charge < -0.3 is 18.6 Å². The van der Waals surface area contributed by atoms with Crippen LogP contribution in [0.3, 0.4) is 0 Å². The fourth-order valence-corrected chi connectivity index (χ4v) is 3.74. The van der Waals surface area contributed by atoms with Crippen LogP contribution in [0.25, 0.3) is 21.8 Å². The number of hydrogen-bond donors (Lipinski definition) is 0. The van der Waals surface area contributed by atoms with Gasteiger partial charge in [-0.3, -0.25) is 14.5 Å². The number of aryl methyl sites for hydroxylation is 1. The van der Waals surface area contributed by atoms with Gasteiger partial charge in [-0.2, -0.15) is 0 Å². The van der Waals surface area contributed by atoms with Crippen molar-refractivity contribution in [3.05, 3.63) is 51.3 Å². The van der Waals surface area contributed by atoms with Crippen LogP contribution in [0.15, 0.2) is 40.2 Å². The van der Waals surface area contributed by atoms with E-state index in [0.717, 1.165) is 39.3 Å². The Bertz CT molecular complexity index is 1120. The van der Waals surface area contributed by atoms with Crippen molar-refractivity contribution in [1.82, 2.24) is 19.0 Å². The Hall–Kier alpha value is -2.55. The Balaban J connectivity index is 1.61. The quantitative estimate of drug-likeness (QED) is 0.554. The first-order chi connectivity index (χ1) is 14.2. The summed E-state index contributed by atoms with van der Waals surface area (Å²) in [5.41, 5.74) is 0.947. The lowest BCUT2D eigenvalue weighted by molar-refractivity contribution is 0.0369. The first-order valence-electron chi connectivity index (χ1n) is 10.00. The fourth-order valence-electron chi connectivity index (χ4n) is 3.74. The summed E-state index contributed by atoms with van der Waals surface area (Å²) in [7, 11) is 1.60. The third-order valence-corrected chi connectivity index (χ3v) is 5.40. The summed E-state index contributed by atoms with van der Waals surface area (Å²) in [5.74, 6) is 0. The SMILES string of the molecule is COCCn1ccc2nc3ccn(CCCN4CCOCC4)c(=O)c3cc2c1=O. The lowest BCUT2D eigenvalue weighted by atomic mass is 10.2. The topological polar surface area (TPSA) is 78.6 Å². The Morgan fingerprint density at radius 2 is 1.59 bits per heavy atom. The first-order valence-corrected chi connectivity index (χ1v) is 10.00. The van der Waals surface area contributed by atoms with Crippen LogP contribution in [0.5, 0.6) is 0 Å². The predicted molar refractivity (Wildman–Crippen MR) is 112 cm³/mol. The van der Waals surface area contributed by atoms with Gasteiger partial charge in [-0.1, -0.05) is 0 Å². The molecular formula is C21H26N4O4. The molecule has 1 fully saturated rings. The molecule has 29 heavy (non-hydrogen) atoms. The van der Waals surface area contributed by atoms with Gasteiger partial charge in [-0.05, 0) is 24.6 Å². The van der Waals surface area contributed by atoms with E-state index >= 15 is 0 Å². The molecule has 0 spiro atoms.